The molecule has 0 radical (unpaired) electrons. The lowest BCUT2D eigenvalue weighted by Gasteiger charge is -2.22. The number of nitrogens with one attached hydrogen (secondary N) is 1. The molecule has 0 saturated carbocycles. The van der Waals surface area contributed by atoms with Crippen LogP contribution in [0.2, 0.25) is 0 Å². The van der Waals surface area contributed by atoms with Crippen molar-refractivity contribution in [2.45, 2.75) is 315 Å². The number of unbranched alkanes of at least 4 members (excludes halogenated alkanes) is 35. The highest BCUT2D eigenvalue weighted by molar-refractivity contribution is 5.76. The fraction of sp³-hybridized carbons (Fsp3) is 0.836. The summed E-state index contributed by atoms with van der Waals surface area (Å²) in [4.78, 5) is 24.5. The Hall–Kier alpha value is -2.18. The number of aliphatic hydroxyl groups is 2. The number of rotatable bonds is 54. The molecule has 0 saturated heterocycles. The molecule has 0 aromatic carbocycles. The Balaban J connectivity index is 3.54. The molecule has 0 heterocycles. The maximum Gasteiger partial charge on any atom is 0.305 e. The standard InChI is InChI=1S/C61H113NO5/c1-3-5-7-9-11-13-15-17-19-20-21-22-23-24-25-26-27-29-33-37-41-45-49-53-59(64)58(57-63)62-60(65)54-50-46-42-38-34-30-28-32-36-40-44-48-52-56-67-61(66)55-51-47-43-39-35-31-18-16-14-12-10-8-6-4-2/h10,12,16,18,30,34,42,46,58-59,63-64H,3-9,11,13-15,17,19-29,31-33,35-41,43-45,47-57H2,1-2H3,(H,62,65)/b12-10-,18-16-,34-30-,46-42-. The second-order valence-corrected chi connectivity index (χ2v) is 20.0. The van der Waals surface area contributed by atoms with Crippen molar-refractivity contribution >= 4 is 11.9 Å². The second kappa shape index (κ2) is 56.4. The van der Waals surface area contributed by atoms with E-state index in [2.05, 4.69) is 61.7 Å². The van der Waals surface area contributed by atoms with E-state index in [4.69, 9.17) is 4.74 Å². The van der Waals surface area contributed by atoms with E-state index in [1.165, 1.54) is 199 Å². The van der Waals surface area contributed by atoms with Gasteiger partial charge in [0.2, 0.25) is 5.91 Å². The summed E-state index contributed by atoms with van der Waals surface area (Å²) in [7, 11) is 0. The lowest BCUT2D eigenvalue weighted by Crippen LogP contribution is -2.45. The Bertz CT molecular complexity index is 1130. The van der Waals surface area contributed by atoms with E-state index in [0.29, 0.717) is 32.3 Å². The molecule has 0 spiro atoms. The average Bonchev–Trinajstić information content (AvgIpc) is 3.33. The average molecular weight is 941 g/mol. The fourth-order valence-electron chi connectivity index (χ4n) is 8.82. The molecule has 0 aliphatic carbocycles. The van der Waals surface area contributed by atoms with E-state index in [0.717, 1.165) is 64.2 Å². The van der Waals surface area contributed by atoms with Gasteiger partial charge in [-0.25, -0.2) is 0 Å². The van der Waals surface area contributed by atoms with Crippen LogP contribution in [-0.2, 0) is 14.3 Å². The maximum absolute atomic E-state index is 12.5. The second-order valence-electron chi connectivity index (χ2n) is 20.0. The summed E-state index contributed by atoms with van der Waals surface area (Å²) in [5.74, 6) is -0.146. The normalized spacial score (nSPS) is 13.0. The summed E-state index contributed by atoms with van der Waals surface area (Å²) in [6, 6.07) is -0.588. The van der Waals surface area contributed by atoms with E-state index >= 15 is 0 Å². The summed E-state index contributed by atoms with van der Waals surface area (Å²) in [6.07, 6.45) is 71.2. The van der Waals surface area contributed by atoms with Gasteiger partial charge >= 0.3 is 5.97 Å². The Morgan fingerprint density at radius 3 is 1.21 bits per heavy atom. The number of esters is 1. The van der Waals surface area contributed by atoms with Crippen molar-refractivity contribution in [1.29, 1.82) is 0 Å². The third kappa shape index (κ3) is 53.0. The minimum atomic E-state index is -0.702. The van der Waals surface area contributed by atoms with Gasteiger partial charge in [-0.3, -0.25) is 9.59 Å². The van der Waals surface area contributed by atoms with Crippen LogP contribution in [0.25, 0.3) is 0 Å². The number of amides is 1. The van der Waals surface area contributed by atoms with Gasteiger partial charge in [-0.15, -0.1) is 0 Å². The Morgan fingerprint density at radius 2 is 0.776 bits per heavy atom. The van der Waals surface area contributed by atoms with E-state index in [-0.39, 0.29) is 18.5 Å². The largest absolute Gasteiger partial charge is 0.466 e. The van der Waals surface area contributed by atoms with Gasteiger partial charge in [0.1, 0.15) is 0 Å². The molecule has 2 unspecified atom stereocenters. The highest BCUT2D eigenvalue weighted by atomic mass is 16.5. The predicted molar refractivity (Wildman–Crippen MR) is 292 cm³/mol. The summed E-state index contributed by atoms with van der Waals surface area (Å²) in [5, 5.41) is 23.3. The van der Waals surface area contributed by atoms with Gasteiger partial charge in [-0.05, 0) is 70.6 Å². The van der Waals surface area contributed by atoms with Crippen LogP contribution in [0.3, 0.4) is 0 Å². The Morgan fingerprint density at radius 1 is 0.418 bits per heavy atom. The third-order valence-corrected chi connectivity index (χ3v) is 13.4. The quantitative estimate of drug-likeness (QED) is 0.0321. The van der Waals surface area contributed by atoms with Crippen LogP contribution < -0.4 is 5.32 Å². The first-order valence-corrected chi connectivity index (χ1v) is 29.4. The summed E-state index contributed by atoms with van der Waals surface area (Å²) >= 11 is 0. The minimum absolute atomic E-state index is 0.0315. The molecular weight excluding hydrogens is 827 g/mol. The van der Waals surface area contributed by atoms with Crippen molar-refractivity contribution in [3.63, 3.8) is 0 Å². The molecule has 6 nitrogen and oxygen atoms in total. The van der Waals surface area contributed by atoms with Gasteiger partial charge in [0.25, 0.3) is 0 Å². The molecule has 67 heavy (non-hydrogen) atoms. The summed E-state index contributed by atoms with van der Waals surface area (Å²) in [5.41, 5.74) is 0. The number of carbonyl (C=O) groups excluding carboxylic acids is 2. The highest BCUT2D eigenvalue weighted by Gasteiger charge is 2.19. The fourth-order valence-corrected chi connectivity index (χ4v) is 8.82. The van der Waals surface area contributed by atoms with Crippen LogP contribution in [0.15, 0.2) is 48.6 Å². The van der Waals surface area contributed by atoms with Crippen LogP contribution in [0.5, 0.6) is 0 Å². The Kier molecular flexibility index (Phi) is 54.6. The maximum atomic E-state index is 12.5. The smallest absolute Gasteiger partial charge is 0.305 e. The molecule has 0 aliphatic rings. The minimum Gasteiger partial charge on any atom is -0.466 e. The van der Waals surface area contributed by atoms with Crippen LogP contribution in [0.1, 0.15) is 303 Å². The molecule has 1 amide bonds. The van der Waals surface area contributed by atoms with Crippen LogP contribution >= 0.6 is 0 Å². The van der Waals surface area contributed by atoms with Crippen molar-refractivity contribution < 1.29 is 24.5 Å². The molecule has 0 aromatic heterocycles. The van der Waals surface area contributed by atoms with E-state index in [1.54, 1.807) is 0 Å². The first kappa shape index (κ1) is 64.8. The molecule has 0 aromatic rings. The number of aliphatic hydroxyl groups excluding tert-OH is 2. The number of ether oxygens (including phenoxy) is 1. The van der Waals surface area contributed by atoms with Crippen molar-refractivity contribution in [1.82, 2.24) is 5.32 Å². The van der Waals surface area contributed by atoms with Crippen molar-refractivity contribution in [2.75, 3.05) is 13.2 Å². The SMILES string of the molecule is CCCC/C=C\C/C=C\CCCCCCCC(=O)OCCCCCCCC/C=C\C/C=C\CCC(=O)NC(CO)C(O)CCCCCCCCCCCCCCCCCCCCCCCCC. The van der Waals surface area contributed by atoms with E-state index in [1.807, 2.05) is 6.08 Å². The number of allylic oxidation sites excluding steroid dienone is 8. The highest BCUT2D eigenvalue weighted by Crippen LogP contribution is 2.17. The zero-order chi connectivity index (χ0) is 48.6. The molecule has 3 N–H and O–H groups in total. The van der Waals surface area contributed by atoms with Crippen LogP contribution in [0, 0.1) is 0 Å². The molecule has 0 aliphatic heterocycles. The van der Waals surface area contributed by atoms with E-state index < -0.39 is 12.1 Å². The Labute approximate surface area is 416 Å². The van der Waals surface area contributed by atoms with Gasteiger partial charge in [0.05, 0.1) is 25.4 Å². The van der Waals surface area contributed by atoms with Gasteiger partial charge in [-0.1, -0.05) is 268 Å². The molecular formula is C61H113NO5. The zero-order valence-corrected chi connectivity index (χ0v) is 44.6. The molecule has 6 heteroatoms. The van der Waals surface area contributed by atoms with Crippen LogP contribution in [-0.4, -0.2) is 47.4 Å². The lowest BCUT2D eigenvalue weighted by atomic mass is 10.0. The molecule has 2 atom stereocenters. The van der Waals surface area contributed by atoms with Crippen molar-refractivity contribution in [3.8, 4) is 0 Å². The molecule has 0 rings (SSSR count). The van der Waals surface area contributed by atoms with Gasteiger partial charge in [0, 0.05) is 12.8 Å². The first-order valence-electron chi connectivity index (χ1n) is 29.4. The lowest BCUT2D eigenvalue weighted by molar-refractivity contribution is -0.143. The van der Waals surface area contributed by atoms with Crippen molar-refractivity contribution in [2.24, 2.45) is 0 Å². The third-order valence-electron chi connectivity index (χ3n) is 13.4. The summed E-state index contributed by atoms with van der Waals surface area (Å²) in [6.45, 7) is 4.85. The first-order chi connectivity index (χ1) is 33.0. The number of carbonyl (C=O) groups is 2. The van der Waals surface area contributed by atoms with Crippen molar-refractivity contribution in [3.05, 3.63) is 48.6 Å². The zero-order valence-electron chi connectivity index (χ0n) is 44.6. The molecule has 392 valence electrons. The van der Waals surface area contributed by atoms with E-state index in [9.17, 15) is 19.8 Å². The number of hydrogen-bond acceptors (Lipinski definition) is 5. The topological polar surface area (TPSA) is 95.9 Å². The van der Waals surface area contributed by atoms with Gasteiger partial charge in [0.15, 0.2) is 0 Å². The van der Waals surface area contributed by atoms with Gasteiger partial charge < -0.3 is 20.3 Å². The molecule has 0 fully saturated rings. The monoisotopic (exact) mass is 940 g/mol. The molecule has 0 bridgehead atoms. The predicted octanol–water partition coefficient (Wildman–Crippen LogP) is 18.2. The number of hydrogen-bond donors (Lipinski definition) is 3. The summed E-state index contributed by atoms with van der Waals surface area (Å²) < 4.78 is 5.45. The van der Waals surface area contributed by atoms with Crippen LogP contribution in [0.4, 0.5) is 0 Å². The van der Waals surface area contributed by atoms with Gasteiger partial charge in [-0.2, -0.15) is 0 Å².